The van der Waals surface area contributed by atoms with Gasteiger partial charge >= 0.3 is 0 Å². The number of halogens is 1. The van der Waals surface area contributed by atoms with Crippen molar-refractivity contribution in [1.29, 1.82) is 0 Å². The average molecular weight is 347 g/mol. The van der Waals surface area contributed by atoms with E-state index < -0.39 is 0 Å². The normalized spacial score (nSPS) is 11.4. The van der Waals surface area contributed by atoms with Crippen LogP contribution in [0.3, 0.4) is 0 Å². The van der Waals surface area contributed by atoms with Crippen molar-refractivity contribution in [3.05, 3.63) is 27.3 Å². The van der Waals surface area contributed by atoms with Crippen molar-refractivity contribution in [3.63, 3.8) is 0 Å². The SMILES string of the molecule is CN(CC(C)(C)C)C(=O)c1cc(I)ccc1O. The largest absolute Gasteiger partial charge is 0.507 e. The molecule has 0 aliphatic heterocycles. The second-order valence-electron chi connectivity index (χ2n) is 5.38. The van der Waals surface area contributed by atoms with E-state index in [4.69, 9.17) is 0 Å². The highest BCUT2D eigenvalue weighted by atomic mass is 127. The number of aromatic hydroxyl groups is 1. The molecule has 1 N–H and O–H groups in total. The van der Waals surface area contributed by atoms with E-state index in [0.717, 1.165) is 3.57 Å². The summed E-state index contributed by atoms with van der Waals surface area (Å²) < 4.78 is 0.938. The van der Waals surface area contributed by atoms with Gasteiger partial charge in [0, 0.05) is 17.2 Å². The molecule has 0 fully saturated rings. The van der Waals surface area contributed by atoms with Gasteiger partial charge in [0.25, 0.3) is 5.91 Å². The van der Waals surface area contributed by atoms with Crippen molar-refractivity contribution in [1.82, 2.24) is 4.90 Å². The molecule has 0 unspecified atom stereocenters. The highest BCUT2D eigenvalue weighted by Gasteiger charge is 2.21. The van der Waals surface area contributed by atoms with Gasteiger partial charge in [-0.1, -0.05) is 20.8 Å². The van der Waals surface area contributed by atoms with Crippen LogP contribution in [0.1, 0.15) is 31.1 Å². The van der Waals surface area contributed by atoms with Crippen molar-refractivity contribution in [2.45, 2.75) is 20.8 Å². The monoisotopic (exact) mass is 347 g/mol. The van der Waals surface area contributed by atoms with E-state index in [9.17, 15) is 9.90 Å². The summed E-state index contributed by atoms with van der Waals surface area (Å²) in [4.78, 5) is 13.8. The van der Waals surface area contributed by atoms with Gasteiger partial charge in [0.15, 0.2) is 0 Å². The summed E-state index contributed by atoms with van der Waals surface area (Å²) in [5.74, 6) is -0.105. The molecule has 0 heterocycles. The fourth-order valence-corrected chi connectivity index (χ4v) is 2.16. The molecular formula is C13H18INO2. The highest BCUT2D eigenvalue weighted by molar-refractivity contribution is 14.1. The number of carbonyl (C=O) groups excluding carboxylic acids is 1. The van der Waals surface area contributed by atoms with E-state index in [1.807, 2.05) is 0 Å². The van der Waals surface area contributed by atoms with Crippen molar-refractivity contribution in [3.8, 4) is 5.75 Å². The fraction of sp³-hybridized carbons (Fsp3) is 0.462. The predicted molar refractivity (Wildman–Crippen MR) is 77.2 cm³/mol. The third-order valence-electron chi connectivity index (χ3n) is 2.25. The number of carbonyl (C=O) groups is 1. The van der Waals surface area contributed by atoms with Crippen LogP contribution < -0.4 is 0 Å². The number of rotatable bonds is 2. The number of nitrogens with zero attached hydrogens (tertiary/aromatic N) is 1. The summed E-state index contributed by atoms with van der Waals surface area (Å²) in [6.07, 6.45) is 0. The Labute approximate surface area is 116 Å². The van der Waals surface area contributed by atoms with Crippen LogP contribution in [-0.4, -0.2) is 29.5 Å². The second-order valence-corrected chi connectivity index (χ2v) is 6.63. The maximum Gasteiger partial charge on any atom is 0.257 e. The zero-order chi connectivity index (χ0) is 13.2. The van der Waals surface area contributed by atoms with Gasteiger partial charge in [-0.05, 0) is 46.2 Å². The van der Waals surface area contributed by atoms with Gasteiger partial charge in [0.2, 0.25) is 0 Å². The van der Waals surface area contributed by atoms with Gasteiger partial charge < -0.3 is 10.0 Å². The first kappa shape index (κ1) is 14.3. The number of amides is 1. The Morgan fingerprint density at radius 3 is 2.53 bits per heavy atom. The van der Waals surface area contributed by atoms with Crippen LogP contribution in [-0.2, 0) is 0 Å². The third-order valence-corrected chi connectivity index (χ3v) is 2.92. The first-order chi connectivity index (χ1) is 7.70. The molecular weight excluding hydrogens is 329 g/mol. The molecule has 3 nitrogen and oxygen atoms in total. The molecule has 0 spiro atoms. The van der Waals surface area contributed by atoms with Crippen LogP contribution in [0.4, 0.5) is 0 Å². The molecule has 0 radical (unpaired) electrons. The van der Waals surface area contributed by atoms with Gasteiger partial charge in [0.1, 0.15) is 5.75 Å². The number of benzene rings is 1. The summed E-state index contributed by atoms with van der Waals surface area (Å²) in [6, 6.07) is 5.04. The number of hydrogen-bond donors (Lipinski definition) is 1. The number of hydrogen-bond acceptors (Lipinski definition) is 2. The molecule has 0 saturated carbocycles. The number of phenols is 1. The molecule has 0 aromatic heterocycles. The summed E-state index contributed by atoms with van der Waals surface area (Å²) in [5, 5.41) is 9.70. The zero-order valence-corrected chi connectivity index (χ0v) is 12.8. The summed E-state index contributed by atoms with van der Waals surface area (Å²) in [5.41, 5.74) is 0.408. The Hall–Kier alpha value is -0.780. The van der Waals surface area contributed by atoms with Crippen LogP contribution in [0.25, 0.3) is 0 Å². The van der Waals surface area contributed by atoms with Gasteiger partial charge in [0.05, 0.1) is 5.56 Å². The van der Waals surface area contributed by atoms with E-state index in [0.29, 0.717) is 12.1 Å². The van der Waals surface area contributed by atoms with Crippen molar-refractivity contribution in [2.24, 2.45) is 5.41 Å². The molecule has 0 aliphatic rings. The molecule has 0 saturated heterocycles. The molecule has 94 valence electrons. The Bertz CT molecular complexity index is 424. The Morgan fingerprint density at radius 2 is 2.00 bits per heavy atom. The quantitative estimate of drug-likeness (QED) is 0.836. The van der Waals surface area contributed by atoms with E-state index in [-0.39, 0.29) is 17.1 Å². The van der Waals surface area contributed by atoms with E-state index >= 15 is 0 Å². The molecule has 4 heteroatoms. The standard InChI is InChI=1S/C13H18INO2/c1-13(2,3)8-15(4)12(17)10-7-9(14)5-6-11(10)16/h5-7,16H,8H2,1-4H3. The Kier molecular flexibility index (Phi) is 4.41. The highest BCUT2D eigenvalue weighted by Crippen LogP contribution is 2.22. The summed E-state index contributed by atoms with van der Waals surface area (Å²) in [7, 11) is 1.76. The van der Waals surface area contributed by atoms with E-state index in [1.165, 1.54) is 0 Å². The first-order valence-electron chi connectivity index (χ1n) is 5.45. The molecule has 0 bridgehead atoms. The minimum absolute atomic E-state index is 0.0381. The van der Waals surface area contributed by atoms with E-state index in [1.54, 1.807) is 30.1 Å². The van der Waals surface area contributed by atoms with Crippen LogP contribution in [0.15, 0.2) is 18.2 Å². The Morgan fingerprint density at radius 1 is 1.41 bits per heavy atom. The van der Waals surface area contributed by atoms with Crippen molar-refractivity contribution in [2.75, 3.05) is 13.6 Å². The van der Waals surface area contributed by atoms with Gasteiger partial charge in [-0.15, -0.1) is 0 Å². The van der Waals surface area contributed by atoms with Crippen LogP contribution in [0, 0.1) is 8.99 Å². The minimum Gasteiger partial charge on any atom is -0.507 e. The van der Waals surface area contributed by atoms with Gasteiger partial charge in [-0.3, -0.25) is 4.79 Å². The van der Waals surface area contributed by atoms with Crippen LogP contribution in [0.2, 0.25) is 0 Å². The second kappa shape index (κ2) is 5.25. The molecule has 0 atom stereocenters. The zero-order valence-electron chi connectivity index (χ0n) is 10.6. The Balaban J connectivity index is 2.93. The molecule has 1 aromatic carbocycles. The molecule has 1 amide bonds. The van der Waals surface area contributed by atoms with Gasteiger partial charge in [-0.25, -0.2) is 0 Å². The smallest absolute Gasteiger partial charge is 0.257 e. The number of phenolic OH excluding ortho intramolecular Hbond substituents is 1. The molecule has 0 aliphatic carbocycles. The lowest BCUT2D eigenvalue weighted by molar-refractivity contribution is 0.0742. The van der Waals surface area contributed by atoms with E-state index in [2.05, 4.69) is 43.4 Å². The minimum atomic E-state index is -0.143. The molecule has 17 heavy (non-hydrogen) atoms. The molecule has 1 aromatic rings. The van der Waals surface area contributed by atoms with Gasteiger partial charge in [-0.2, -0.15) is 0 Å². The van der Waals surface area contributed by atoms with Crippen molar-refractivity contribution < 1.29 is 9.90 Å². The van der Waals surface area contributed by atoms with Crippen LogP contribution >= 0.6 is 22.6 Å². The lowest BCUT2D eigenvalue weighted by atomic mass is 9.96. The first-order valence-corrected chi connectivity index (χ1v) is 6.52. The third kappa shape index (κ3) is 4.18. The summed E-state index contributed by atoms with van der Waals surface area (Å²) >= 11 is 2.13. The topological polar surface area (TPSA) is 40.5 Å². The fourth-order valence-electron chi connectivity index (χ4n) is 1.67. The maximum atomic E-state index is 12.2. The predicted octanol–water partition coefficient (Wildman–Crippen LogP) is 3.11. The molecule has 1 rings (SSSR count). The lowest BCUT2D eigenvalue weighted by Gasteiger charge is -2.26. The summed E-state index contributed by atoms with van der Waals surface area (Å²) in [6.45, 7) is 6.87. The maximum absolute atomic E-state index is 12.2. The van der Waals surface area contributed by atoms with Crippen LogP contribution in [0.5, 0.6) is 5.75 Å². The lowest BCUT2D eigenvalue weighted by Crippen LogP contribution is -2.34. The van der Waals surface area contributed by atoms with Crippen molar-refractivity contribution >= 4 is 28.5 Å². The average Bonchev–Trinajstić information content (AvgIpc) is 2.18.